The normalized spacial score (nSPS) is 20.5. The van der Waals surface area contributed by atoms with Crippen LogP contribution in [-0.2, 0) is 45.5 Å². The summed E-state index contributed by atoms with van der Waals surface area (Å²) in [6.45, 7) is 2.40. The fourth-order valence-corrected chi connectivity index (χ4v) is 10.2. The predicted octanol–water partition coefficient (Wildman–Crippen LogP) is 4.39. The second kappa shape index (κ2) is 21.8. The molecule has 1 saturated carbocycles. The number of nitrogens with two attached hydrogens (primary N) is 1. The van der Waals surface area contributed by atoms with Crippen LogP contribution in [0.5, 0.6) is 0 Å². The Morgan fingerprint density at radius 1 is 0.957 bits per heavy atom. The van der Waals surface area contributed by atoms with Crippen molar-refractivity contribution in [2.24, 2.45) is 17.6 Å². The number of nitrogens with zero attached hydrogens (tertiary/aromatic N) is 2. The number of primary amides is 1. The van der Waals surface area contributed by atoms with Crippen LogP contribution in [0.15, 0.2) is 42.5 Å². The molecular formula is C49H58F2N7O11P. The molecule has 4 aliphatic rings. The van der Waals surface area contributed by atoms with Crippen LogP contribution in [0.2, 0.25) is 0 Å². The molecule has 4 heterocycles. The van der Waals surface area contributed by atoms with E-state index in [0.717, 1.165) is 43.4 Å². The molecule has 7 amide bonds. The van der Waals surface area contributed by atoms with Gasteiger partial charge in [-0.15, -0.1) is 0 Å². The van der Waals surface area contributed by atoms with Gasteiger partial charge in [-0.2, -0.15) is 8.78 Å². The summed E-state index contributed by atoms with van der Waals surface area (Å²) in [6, 6.07) is 5.71. The second-order valence-corrected chi connectivity index (χ2v) is 20.3. The smallest absolute Gasteiger partial charge is 0.370 e. The fraction of sp³-hybridized carbons (Fsp3) is 0.510. The van der Waals surface area contributed by atoms with Crippen LogP contribution in [0.3, 0.4) is 0 Å². The standard InChI is InChI=1S/C49H58F2N7O11P/c1-2-3-15-37(55-44(62)38-25-29-23-31(17-18-35(29)53-38)49(50,51)70(67,68)69)48(66)58-26-30-24-33(30)43(58)46(64)54-36(19-21-41(52)60)40(59)16-10-8-6-4-5-7-9-12-28-13-11-14-32-34(28)27-57(47(32)65)39-20-22-42(61)56-45(39)63/h11,13-14,17-18,23,25,30,33,36-37,39,43,53H,2-8,10,15-16,19-22,24,26-27H2,1H3,(H2,52,60)(H,54,64)(H,55,62)(H,56,61,63)(H2,67,68,69)/t30-,33-,36-,37-,39?,43+/m0/s1. The van der Waals surface area contributed by atoms with Crippen LogP contribution < -0.4 is 21.7 Å². The SMILES string of the molecule is CCCC[C@H](NC(=O)c1cc2cc(C(F)(F)P(=O)(O)O)ccc2[nH]1)C(=O)N1C[C@@H]2C[C@@H]2[C@@H]1C(=O)N[C@@H](CCC(N)=O)C(=O)CCCCCCCC#Cc1cccc2c1CN(C1CCC(=O)NC1=O)C2=O. The van der Waals surface area contributed by atoms with E-state index in [1.54, 1.807) is 12.1 Å². The number of nitrogens with one attached hydrogen (secondary N) is 4. The molecular weight excluding hydrogens is 932 g/mol. The van der Waals surface area contributed by atoms with E-state index in [9.17, 15) is 61.5 Å². The second-order valence-electron chi connectivity index (χ2n) is 18.7. The Balaban J connectivity index is 0.897. The third-order valence-corrected chi connectivity index (χ3v) is 14.6. The van der Waals surface area contributed by atoms with Crippen LogP contribution in [-0.4, -0.2) is 102 Å². The summed E-state index contributed by atoms with van der Waals surface area (Å²) in [5, 5.41) is 7.94. The van der Waals surface area contributed by atoms with Crippen molar-refractivity contribution in [1.82, 2.24) is 30.7 Å². The Bertz CT molecular complexity index is 2690. The maximum Gasteiger partial charge on any atom is 0.399 e. The minimum atomic E-state index is -5.84. The van der Waals surface area contributed by atoms with Gasteiger partial charge in [0, 0.05) is 66.4 Å². The number of ketones is 1. The summed E-state index contributed by atoms with van der Waals surface area (Å²) in [6.07, 6.45) is 6.88. The minimum Gasteiger partial charge on any atom is -0.370 e. The molecule has 70 heavy (non-hydrogen) atoms. The number of benzene rings is 2. The number of Topliss-reactive ketones (excluding diaryl/α,β-unsaturated/α-hetero) is 1. The number of carbonyl (C=O) groups is 8. The van der Waals surface area contributed by atoms with Gasteiger partial charge >= 0.3 is 13.3 Å². The van der Waals surface area contributed by atoms with Gasteiger partial charge in [-0.1, -0.05) is 63.0 Å². The maximum atomic E-state index is 14.4. The molecule has 21 heteroatoms. The molecule has 8 N–H and O–H groups in total. The molecule has 0 spiro atoms. The van der Waals surface area contributed by atoms with Crippen LogP contribution in [0.4, 0.5) is 8.78 Å². The number of hydrogen-bond acceptors (Lipinski definition) is 9. The van der Waals surface area contributed by atoms with E-state index in [-0.39, 0.29) is 97.6 Å². The number of piperidine rings is 2. The molecule has 1 aliphatic carbocycles. The highest BCUT2D eigenvalue weighted by molar-refractivity contribution is 7.52. The number of fused-ring (bicyclic) bond motifs is 3. The molecule has 2 saturated heterocycles. The summed E-state index contributed by atoms with van der Waals surface area (Å²) >= 11 is 0. The number of likely N-dealkylation sites (tertiary alicyclic amines) is 1. The quantitative estimate of drug-likeness (QED) is 0.0321. The average Bonchev–Trinajstić information content (AvgIpc) is 3.59. The predicted molar refractivity (Wildman–Crippen MR) is 249 cm³/mol. The Morgan fingerprint density at radius 2 is 1.71 bits per heavy atom. The molecule has 374 valence electrons. The first-order chi connectivity index (χ1) is 33.3. The number of aromatic amines is 1. The Labute approximate surface area is 402 Å². The number of alkyl halides is 2. The molecule has 1 aromatic heterocycles. The zero-order valence-corrected chi connectivity index (χ0v) is 39.7. The van der Waals surface area contributed by atoms with Gasteiger partial charge in [-0.3, -0.25) is 48.2 Å². The number of carbonyl (C=O) groups excluding carboxylic acids is 8. The van der Waals surface area contributed by atoms with Crippen molar-refractivity contribution >= 4 is 65.6 Å². The van der Waals surface area contributed by atoms with E-state index >= 15 is 0 Å². The van der Waals surface area contributed by atoms with Crippen LogP contribution in [0, 0.1) is 23.7 Å². The number of amides is 7. The highest BCUT2D eigenvalue weighted by Gasteiger charge is 2.58. The van der Waals surface area contributed by atoms with E-state index in [2.05, 4.69) is 32.8 Å². The summed E-state index contributed by atoms with van der Waals surface area (Å²) in [7, 11) is -5.84. The van der Waals surface area contributed by atoms with Gasteiger partial charge in [0.1, 0.15) is 23.8 Å². The number of imide groups is 1. The van der Waals surface area contributed by atoms with Crippen molar-refractivity contribution in [2.75, 3.05) is 6.54 Å². The van der Waals surface area contributed by atoms with Crippen LogP contribution >= 0.6 is 7.60 Å². The lowest BCUT2D eigenvalue weighted by Gasteiger charge is -2.31. The van der Waals surface area contributed by atoms with Crippen molar-refractivity contribution in [2.45, 2.75) is 140 Å². The molecule has 6 atom stereocenters. The Hall–Kier alpha value is -6.29. The van der Waals surface area contributed by atoms with Gasteiger partial charge in [0.15, 0.2) is 5.78 Å². The zero-order valence-electron chi connectivity index (χ0n) is 38.8. The van der Waals surface area contributed by atoms with E-state index < -0.39 is 72.5 Å². The number of aromatic nitrogens is 1. The van der Waals surface area contributed by atoms with E-state index in [1.165, 1.54) is 21.9 Å². The first kappa shape index (κ1) is 51.6. The maximum absolute atomic E-state index is 14.4. The van der Waals surface area contributed by atoms with Crippen molar-refractivity contribution in [1.29, 1.82) is 0 Å². The molecule has 0 radical (unpaired) electrons. The molecule has 7 rings (SSSR count). The molecule has 3 fully saturated rings. The average molecular weight is 990 g/mol. The third kappa shape index (κ3) is 11.7. The van der Waals surface area contributed by atoms with Crippen molar-refractivity contribution in [3.63, 3.8) is 0 Å². The monoisotopic (exact) mass is 989 g/mol. The Morgan fingerprint density at radius 3 is 2.44 bits per heavy atom. The summed E-state index contributed by atoms with van der Waals surface area (Å²) in [4.78, 5) is 129. The number of rotatable bonds is 22. The van der Waals surface area contributed by atoms with Crippen molar-refractivity contribution < 1.29 is 61.5 Å². The molecule has 18 nitrogen and oxygen atoms in total. The van der Waals surface area contributed by atoms with Crippen LogP contribution in [0.25, 0.3) is 10.9 Å². The number of unbranched alkanes of at least 4 members (excludes halogenated alkanes) is 6. The fourth-order valence-electron chi connectivity index (χ4n) is 9.68. The lowest BCUT2D eigenvalue weighted by Crippen LogP contribution is -2.56. The van der Waals surface area contributed by atoms with Crippen molar-refractivity contribution in [3.8, 4) is 11.8 Å². The highest BCUT2D eigenvalue weighted by atomic mass is 31.2. The lowest BCUT2D eigenvalue weighted by molar-refractivity contribution is -0.142. The first-order valence-electron chi connectivity index (χ1n) is 23.8. The molecule has 0 bridgehead atoms. The number of hydrogen-bond donors (Lipinski definition) is 7. The lowest BCUT2D eigenvalue weighted by atomic mass is 9.99. The first-order valence-corrected chi connectivity index (χ1v) is 25.4. The molecule has 1 unspecified atom stereocenters. The van der Waals surface area contributed by atoms with Gasteiger partial charge in [-0.25, -0.2) is 0 Å². The van der Waals surface area contributed by atoms with E-state index in [0.29, 0.717) is 43.2 Å². The third-order valence-electron chi connectivity index (χ3n) is 13.6. The van der Waals surface area contributed by atoms with E-state index in [4.69, 9.17) is 5.73 Å². The summed E-state index contributed by atoms with van der Waals surface area (Å²) in [5.74, 6) is 2.48. The zero-order chi connectivity index (χ0) is 50.5. The summed E-state index contributed by atoms with van der Waals surface area (Å²) in [5.41, 5.74) is 2.17. The topological polar surface area (TPSA) is 278 Å². The van der Waals surface area contributed by atoms with Gasteiger partial charge in [0.2, 0.25) is 29.5 Å². The molecule has 2 aromatic carbocycles. The van der Waals surface area contributed by atoms with Gasteiger partial charge in [0.25, 0.3) is 11.8 Å². The van der Waals surface area contributed by atoms with Gasteiger partial charge in [-0.05, 0) is 86.3 Å². The van der Waals surface area contributed by atoms with E-state index in [1.807, 2.05) is 13.0 Å². The highest BCUT2D eigenvalue weighted by Crippen LogP contribution is 2.59. The Kier molecular flexibility index (Phi) is 16.0. The minimum absolute atomic E-state index is 0.0147. The van der Waals surface area contributed by atoms with Gasteiger partial charge < -0.3 is 40.9 Å². The van der Waals surface area contributed by atoms with Crippen LogP contribution in [0.1, 0.15) is 141 Å². The van der Waals surface area contributed by atoms with Gasteiger partial charge in [0.05, 0.1) is 6.04 Å². The number of H-pyrrole nitrogens is 1. The molecule has 3 aliphatic heterocycles. The summed E-state index contributed by atoms with van der Waals surface area (Å²) < 4.78 is 40.3. The number of halogens is 2. The molecule has 3 aromatic rings. The largest absolute Gasteiger partial charge is 0.399 e. The van der Waals surface area contributed by atoms with Crippen molar-refractivity contribution in [3.05, 3.63) is 70.4 Å².